The molecule has 7 heteroatoms. The highest BCUT2D eigenvalue weighted by Gasteiger charge is 2.21. The molecule has 1 atom stereocenters. The van der Waals surface area contributed by atoms with Gasteiger partial charge in [0.15, 0.2) is 5.78 Å². The Kier molecular flexibility index (Phi) is 4.53. The monoisotopic (exact) mass is 354 g/mol. The van der Waals surface area contributed by atoms with Crippen molar-refractivity contribution in [3.8, 4) is 6.07 Å². The van der Waals surface area contributed by atoms with Crippen LogP contribution in [0.15, 0.2) is 24.3 Å². The number of carbonyl (C=O) groups excluding carboxylic acids is 1. The minimum absolute atomic E-state index is 0.213. The number of rotatable bonds is 4. The van der Waals surface area contributed by atoms with Crippen molar-refractivity contribution in [3.63, 3.8) is 0 Å². The van der Waals surface area contributed by atoms with Crippen molar-refractivity contribution < 1.29 is 9.90 Å². The van der Waals surface area contributed by atoms with E-state index in [-0.39, 0.29) is 16.5 Å². The zero-order chi connectivity index (χ0) is 18.1. The number of hydrogen-bond donors (Lipinski definition) is 2. The van der Waals surface area contributed by atoms with Crippen LogP contribution in [0.1, 0.15) is 53.1 Å². The van der Waals surface area contributed by atoms with Crippen LogP contribution in [0.25, 0.3) is 11.0 Å². The predicted octanol–water partition coefficient (Wildman–Crippen LogP) is 3.33. The third-order valence-electron chi connectivity index (χ3n) is 3.83. The highest BCUT2D eigenvalue weighted by molar-refractivity contribution is 6.37. The van der Waals surface area contributed by atoms with Crippen LogP contribution >= 0.6 is 11.6 Å². The first-order valence-corrected chi connectivity index (χ1v) is 8.04. The summed E-state index contributed by atoms with van der Waals surface area (Å²) in [5, 5.41) is 19.5. The van der Waals surface area contributed by atoms with E-state index in [1.54, 1.807) is 25.1 Å². The summed E-state index contributed by atoms with van der Waals surface area (Å²) in [5.41, 5.74) is 2.43. The number of fused-ring (bicyclic) bond motifs is 1. The highest BCUT2D eigenvalue weighted by atomic mass is 35.5. The Hall–Kier alpha value is -2.75. The van der Waals surface area contributed by atoms with Crippen molar-refractivity contribution in [2.75, 3.05) is 0 Å². The summed E-state index contributed by atoms with van der Waals surface area (Å²) in [6.07, 6.45) is -0.455. The molecule has 0 fully saturated rings. The van der Waals surface area contributed by atoms with Crippen molar-refractivity contribution in [1.29, 1.82) is 5.26 Å². The second-order valence-electron chi connectivity index (χ2n) is 5.79. The Morgan fingerprint density at radius 3 is 2.84 bits per heavy atom. The van der Waals surface area contributed by atoms with Crippen molar-refractivity contribution in [2.45, 2.75) is 26.4 Å². The third kappa shape index (κ3) is 3.25. The molecule has 1 aromatic carbocycles. The number of nitrogens with zero attached hydrogens (tertiary/aromatic N) is 3. The highest BCUT2D eigenvalue weighted by Crippen LogP contribution is 2.32. The van der Waals surface area contributed by atoms with Gasteiger partial charge in [-0.1, -0.05) is 23.7 Å². The van der Waals surface area contributed by atoms with Crippen molar-refractivity contribution >= 4 is 28.4 Å². The SMILES string of the molecule is CC(=O)c1nc(Cc2cccc(C#N)c2)nc2[nH]c(C(C)O)c(Cl)c12. The van der Waals surface area contributed by atoms with Crippen LogP contribution in [0.3, 0.4) is 0 Å². The Bertz CT molecular complexity index is 1020. The van der Waals surface area contributed by atoms with Crippen molar-refractivity contribution in [1.82, 2.24) is 15.0 Å². The molecule has 1 unspecified atom stereocenters. The van der Waals surface area contributed by atoms with Crippen LogP contribution in [0.5, 0.6) is 0 Å². The first-order chi connectivity index (χ1) is 11.9. The molecule has 0 aliphatic heterocycles. The molecule has 0 bridgehead atoms. The molecule has 0 radical (unpaired) electrons. The maximum absolute atomic E-state index is 12.0. The lowest BCUT2D eigenvalue weighted by Gasteiger charge is -2.05. The van der Waals surface area contributed by atoms with E-state index in [0.717, 1.165) is 5.56 Å². The van der Waals surface area contributed by atoms with Crippen LogP contribution in [0.2, 0.25) is 5.02 Å². The number of aliphatic hydroxyl groups excluding tert-OH is 1. The topological polar surface area (TPSA) is 103 Å². The Balaban J connectivity index is 2.13. The summed E-state index contributed by atoms with van der Waals surface area (Å²) in [5.74, 6) is 0.195. The second-order valence-corrected chi connectivity index (χ2v) is 6.16. The van der Waals surface area contributed by atoms with E-state index in [1.807, 2.05) is 6.07 Å². The van der Waals surface area contributed by atoms with Gasteiger partial charge in [-0.3, -0.25) is 4.79 Å². The van der Waals surface area contributed by atoms with E-state index in [2.05, 4.69) is 21.0 Å². The summed E-state index contributed by atoms with van der Waals surface area (Å²) in [7, 11) is 0. The van der Waals surface area contributed by atoms with Gasteiger partial charge in [-0.05, 0) is 24.6 Å². The fraction of sp³-hybridized carbons (Fsp3) is 0.222. The van der Waals surface area contributed by atoms with Gasteiger partial charge in [-0.2, -0.15) is 5.26 Å². The van der Waals surface area contributed by atoms with Gasteiger partial charge in [0.25, 0.3) is 0 Å². The summed E-state index contributed by atoms with van der Waals surface area (Å²) >= 11 is 6.29. The van der Waals surface area contributed by atoms with Gasteiger partial charge in [0.2, 0.25) is 0 Å². The largest absolute Gasteiger partial charge is 0.387 e. The lowest BCUT2D eigenvalue weighted by Crippen LogP contribution is -2.05. The van der Waals surface area contributed by atoms with E-state index in [9.17, 15) is 9.90 Å². The first kappa shape index (κ1) is 17.1. The molecule has 6 nitrogen and oxygen atoms in total. The van der Waals surface area contributed by atoms with E-state index in [4.69, 9.17) is 16.9 Å². The summed E-state index contributed by atoms with van der Waals surface area (Å²) in [6.45, 7) is 2.99. The van der Waals surface area contributed by atoms with Gasteiger partial charge in [0.05, 0.1) is 33.8 Å². The zero-order valence-electron chi connectivity index (χ0n) is 13.7. The zero-order valence-corrected chi connectivity index (χ0v) is 14.4. The summed E-state index contributed by atoms with van der Waals surface area (Å²) in [6, 6.07) is 9.21. The number of H-pyrrole nitrogens is 1. The number of halogens is 1. The van der Waals surface area contributed by atoms with Gasteiger partial charge in [0.1, 0.15) is 17.2 Å². The van der Waals surface area contributed by atoms with Gasteiger partial charge >= 0.3 is 0 Å². The van der Waals surface area contributed by atoms with Crippen molar-refractivity contribution in [3.05, 3.63) is 57.6 Å². The van der Waals surface area contributed by atoms with Crippen LogP contribution in [0.4, 0.5) is 0 Å². The number of nitrogens with one attached hydrogen (secondary N) is 1. The molecule has 0 aliphatic rings. The fourth-order valence-corrected chi connectivity index (χ4v) is 3.06. The molecule has 3 aromatic rings. The molecule has 2 heterocycles. The standard InChI is InChI=1S/C18H15ClN4O2/c1-9(24)16-14-15(19)17(10(2)25)23-18(14)22-13(21-16)7-11-4-3-5-12(6-11)8-20/h3-6,10,25H,7H2,1-2H3,(H,21,22,23). The molecule has 0 saturated heterocycles. The Morgan fingerprint density at radius 1 is 1.44 bits per heavy atom. The number of carbonyl (C=O) groups is 1. The molecule has 0 spiro atoms. The van der Waals surface area contributed by atoms with Gasteiger partial charge in [0, 0.05) is 13.3 Å². The fourth-order valence-electron chi connectivity index (χ4n) is 2.68. The lowest BCUT2D eigenvalue weighted by atomic mass is 10.1. The van der Waals surface area contributed by atoms with E-state index >= 15 is 0 Å². The van der Waals surface area contributed by atoms with E-state index in [1.165, 1.54) is 6.92 Å². The minimum atomic E-state index is -0.822. The smallest absolute Gasteiger partial charge is 0.178 e. The van der Waals surface area contributed by atoms with Crippen LogP contribution in [-0.4, -0.2) is 25.8 Å². The van der Waals surface area contributed by atoms with E-state index < -0.39 is 6.10 Å². The van der Waals surface area contributed by atoms with Gasteiger partial charge in [-0.25, -0.2) is 9.97 Å². The molecule has 25 heavy (non-hydrogen) atoms. The molecule has 126 valence electrons. The molecular weight excluding hydrogens is 340 g/mol. The van der Waals surface area contributed by atoms with Crippen LogP contribution in [-0.2, 0) is 6.42 Å². The maximum Gasteiger partial charge on any atom is 0.178 e. The number of ketones is 1. The Labute approximate surface area is 149 Å². The average Bonchev–Trinajstić information content (AvgIpc) is 2.91. The number of nitriles is 1. The van der Waals surface area contributed by atoms with Crippen LogP contribution in [0, 0.1) is 11.3 Å². The quantitative estimate of drug-likeness (QED) is 0.699. The predicted molar refractivity (Wildman–Crippen MR) is 93.5 cm³/mol. The summed E-state index contributed by atoms with van der Waals surface area (Å²) in [4.78, 5) is 23.8. The Morgan fingerprint density at radius 2 is 2.20 bits per heavy atom. The minimum Gasteiger partial charge on any atom is -0.387 e. The number of aromatic nitrogens is 3. The lowest BCUT2D eigenvalue weighted by molar-refractivity contribution is 0.101. The number of Topliss-reactive ketones (excluding diaryl/α,β-unsaturated/α-hetero) is 1. The second kappa shape index (κ2) is 6.63. The summed E-state index contributed by atoms with van der Waals surface area (Å²) < 4.78 is 0. The molecule has 0 saturated carbocycles. The van der Waals surface area contributed by atoms with Crippen molar-refractivity contribution in [2.24, 2.45) is 0 Å². The number of benzene rings is 1. The van der Waals surface area contributed by atoms with Gasteiger partial charge < -0.3 is 10.1 Å². The molecule has 2 aromatic heterocycles. The average molecular weight is 355 g/mol. The number of hydrogen-bond acceptors (Lipinski definition) is 5. The third-order valence-corrected chi connectivity index (χ3v) is 4.23. The van der Waals surface area contributed by atoms with Crippen LogP contribution < -0.4 is 0 Å². The molecule has 2 N–H and O–H groups in total. The molecule has 0 amide bonds. The number of aliphatic hydroxyl groups is 1. The molecular formula is C18H15ClN4O2. The normalized spacial score (nSPS) is 12.1. The maximum atomic E-state index is 12.0. The van der Waals surface area contributed by atoms with E-state index in [0.29, 0.717) is 34.5 Å². The molecule has 3 rings (SSSR count). The first-order valence-electron chi connectivity index (χ1n) is 7.66. The molecule has 0 aliphatic carbocycles. The number of aromatic amines is 1. The van der Waals surface area contributed by atoms with Gasteiger partial charge in [-0.15, -0.1) is 0 Å².